The van der Waals surface area contributed by atoms with Crippen LogP contribution in [0.15, 0.2) is 4.42 Å². The van der Waals surface area contributed by atoms with Crippen molar-refractivity contribution in [2.24, 2.45) is 5.92 Å². The zero-order chi connectivity index (χ0) is 16.4. The van der Waals surface area contributed by atoms with Gasteiger partial charge in [0.1, 0.15) is 0 Å². The summed E-state index contributed by atoms with van der Waals surface area (Å²) in [5.74, 6) is 1.19. The van der Waals surface area contributed by atoms with Crippen LogP contribution in [-0.2, 0) is 16.1 Å². The highest BCUT2D eigenvalue weighted by molar-refractivity contribution is 5.89. The summed E-state index contributed by atoms with van der Waals surface area (Å²) in [5, 5.41) is 10.8. The number of amides is 2. The van der Waals surface area contributed by atoms with Crippen molar-refractivity contribution in [3.8, 4) is 0 Å². The van der Waals surface area contributed by atoms with Gasteiger partial charge in [-0.2, -0.15) is 0 Å². The van der Waals surface area contributed by atoms with E-state index in [-0.39, 0.29) is 30.3 Å². The SMILES string of the molecule is CCC(CC)N1C[C@H](C(=O)NCc2nnc(C3CC3)o2)CC1=O. The lowest BCUT2D eigenvalue weighted by atomic mass is 10.1. The van der Waals surface area contributed by atoms with E-state index in [1.165, 1.54) is 0 Å². The Morgan fingerprint density at radius 3 is 2.74 bits per heavy atom. The second-order valence-electron chi connectivity index (χ2n) is 6.44. The Labute approximate surface area is 135 Å². The molecular weight excluding hydrogens is 296 g/mol. The summed E-state index contributed by atoms with van der Waals surface area (Å²) in [6.07, 6.45) is 4.33. The number of nitrogens with one attached hydrogen (secondary N) is 1. The van der Waals surface area contributed by atoms with E-state index in [1.807, 2.05) is 4.90 Å². The summed E-state index contributed by atoms with van der Waals surface area (Å²) in [7, 11) is 0. The molecule has 7 heteroatoms. The Kier molecular flexibility index (Phi) is 4.63. The molecule has 0 unspecified atom stereocenters. The fourth-order valence-electron chi connectivity index (χ4n) is 3.13. The Morgan fingerprint density at radius 1 is 1.35 bits per heavy atom. The van der Waals surface area contributed by atoms with E-state index in [1.54, 1.807) is 0 Å². The number of hydrogen-bond donors (Lipinski definition) is 1. The van der Waals surface area contributed by atoms with Gasteiger partial charge in [0.2, 0.25) is 23.6 Å². The first-order valence-corrected chi connectivity index (χ1v) is 8.51. The van der Waals surface area contributed by atoms with Gasteiger partial charge in [-0.3, -0.25) is 9.59 Å². The lowest BCUT2D eigenvalue weighted by Gasteiger charge is -2.26. The fraction of sp³-hybridized carbons (Fsp3) is 0.750. The monoisotopic (exact) mass is 320 g/mol. The van der Waals surface area contributed by atoms with Crippen molar-refractivity contribution < 1.29 is 14.0 Å². The summed E-state index contributed by atoms with van der Waals surface area (Å²) >= 11 is 0. The van der Waals surface area contributed by atoms with Gasteiger partial charge in [-0.15, -0.1) is 10.2 Å². The molecule has 2 amide bonds. The third-order valence-electron chi connectivity index (χ3n) is 4.74. The van der Waals surface area contributed by atoms with E-state index >= 15 is 0 Å². The van der Waals surface area contributed by atoms with Crippen molar-refractivity contribution in [3.05, 3.63) is 11.8 Å². The number of likely N-dealkylation sites (tertiary alicyclic amines) is 1. The van der Waals surface area contributed by atoms with Gasteiger partial charge in [0.05, 0.1) is 12.5 Å². The van der Waals surface area contributed by atoms with Crippen molar-refractivity contribution >= 4 is 11.8 Å². The molecule has 1 aromatic rings. The average molecular weight is 320 g/mol. The van der Waals surface area contributed by atoms with Crippen LogP contribution in [0.5, 0.6) is 0 Å². The van der Waals surface area contributed by atoms with Crippen LogP contribution in [0.4, 0.5) is 0 Å². The van der Waals surface area contributed by atoms with Crippen LogP contribution in [0, 0.1) is 5.92 Å². The van der Waals surface area contributed by atoms with Crippen LogP contribution in [0.25, 0.3) is 0 Å². The summed E-state index contributed by atoms with van der Waals surface area (Å²) in [6, 6.07) is 0.234. The molecular formula is C16H24N4O3. The number of aromatic nitrogens is 2. The predicted octanol–water partition coefficient (Wildman–Crippen LogP) is 1.60. The van der Waals surface area contributed by atoms with Gasteiger partial charge in [-0.25, -0.2) is 0 Å². The van der Waals surface area contributed by atoms with Gasteiger partial charge in [0.15, 0.2) is 0 Å². The normalized spacial score (nSPS) is 21.3. The lowest BCUT2D eigenvalue weighted by molar-refractivity contribution is -0.130. The molecule has 1 N–H and O–H groups in total. The van der Waals surface area contributed by atoms with Crippen LogP contribution in [0.3, 0.4) is 0 Å². The number of hydrogen-bond acceptors (Lipinski definition) is 5. The molecule has 1 saturated heterocycles. The minimum absolute atomic E-state index is 0.0765. The minimum Gasteiger partial charge on any atom is -0.423 e. The van der Waals surface area contributed by atoms with E-state index < -0.39 is 0 Å². The first kappa shape index (κ1) is 16.0. The standard InChI is InChI=1S/C16H24N4O3/c1-3-12(4-2)20-9-11(7-14(20)21)15(22)17-8-13-18-19-16(23-13)10-5-6-10/h10-12H,3-9H2,1-2H3,(H,17,22)/t11-/m1/s1. The number of rotatable bonds is 7. The molecule has 126 valence electrons. The lowest BCUT2D eigenvalue weighted by Crippen LogP contribution is -2.37. The van der Waals surface area contributed by atoms with Gasteiger partial charge < -0.3 is 14.6 Å². The first-order valence-electron chi connectivity index (χ1n) is 8.51. The topological polar surface area (TPSA) is 88.3 Å². The van der Waals surface area contributed by atoms with E-state index in [0.29, 0.717) is 30.7 Å². The van der Waals surface area contributed by atoms with Crippen molar-refractivity contribution in [2.45, 2.75) is 64.5 Å². The Hall–Kier alpha value is -1.92. The van der Waals surface area contributed by atoms with Crippen molar-refractivity contribution in [3.63, 3.8) is 0 Å². The fourth-order valence-corrected chi connectivity index (χ4v) is 3.13. The molecule has 7 nitrogen and oxygen atoms in total. The Balaban J connectivity index is 1.51. The van der Waals surface area contributed by atoms with E-state index in [4.69, 9.17) is 4.42 Å². The van der Waals surface area contributed by atoms with Crippen LogP contribution in [0.1, 0.15) is 63.7 Å². The molecule has 1 saturated carbocycles. The van der Waals surface area contributed by atoms with Gasteiger partial charge in [-0.1, -0.05) is 13.8 Å². The van der Waals surface area contributed by atoms with E-state index in [0.717, 1.165) is 25.7 Å². The van der Waals surface area contributed by atoms with Crippen molar-refractivity contribution in [2.75, 3.05) is 6.54 Å². The maximum atomic E-state index is 12.3. The zero-order valence-electron chi connectivity index (χ0n) is 13.7. The molecule has 0 aromatic carbocycles. The van der Waals surface area contributed by atoms with Crippen LogP contribution >= 0.6 is 0 Å². The summed E-state index contributed by atoms with van der Waals surface area (Å²) < 4.78 is 5.52. The molecule has 1 aliphatic carbocycles. The molecule has 1 atom stereocenters. The zero-order valence-corrected chi connectivity index (χ0v) is 13.7. The van der Waals surface area contributed by atoms with Crippen LogP contribution in [0.2, 0.25) is 0 Å². The molecule has 3 rings (SSSR count). The number of carbonyl (C=O) groups excluding carboxylic acids is 2. The molecule has 2 aliphatic rings. The highest BCUT2D eigenvalue weighted by Crippen LogP contribution is 2.38. The summed E-state index contributed by atoms with van der Waals surface area (Å²) in [4.78, 5) is 26.2. The van der Waals surface area contributed by atoms with E-state index in [9.17, 15) is 9.59 Å². The molecule has 1 aliphatic heterocycles. The minimum atomic E-state index is -0.283. The Bertz CT molecular complexity index is 578. The number of nitrogens with zero attached hydrogens (tertiary/aromatic N) is 3. The largest absolute Gasteiger partial charge is 0.423 e. The highest BCUT2D eigenvalue weighted by atomic mass is 16.4. The number of carbonyl (C=O) groups is 2. The predicted molar refractivity (Wildman–Crippen MR) is 82.3 cm³/mol. The highest BCUT2D eigenvalue weighted by Gasteiger charge is 2.37. The smallest absolute Gasteiger partial charge is 0.235 e. The third kappa shape index (κ3) is 3.54. The van der Waals surface area contributed by atoms with Gasteiger partial charge in [0, 0.05) is 24.9 Å². The molecule has 0 spiro atoms. The molecule has 2 heterocycles. The maximum absolute atomic E-state index is 12.3. The summed E-state index contributed by atoms with van der Waals surface area (Å²) in [6.45, 7) is 4.88. The molecule has 1 aromatic heterocycles. The third-order valence-corrected chi connectivity index (χ3v) is 4.74. The summed E-state index contributed by atoms with van der Waals surface area (Å²) in [5.41, 5.74) is 0. The van der Waals surface area contributed by atoms with Crippen molar-refractivity contribution in [1.82, 2.24) is 20.4 Å². The van der Waals surface area contributed by atoms with Gasteiger partial charge in [-0.05, 0) is 25.7 Å². The van der Waals surface area contributed by atoms with Gasteiger partial charge in [0.25, 0.3) is 0 Å². The maximum Gasteiger partial charge on any atom is 0.235 e. The van der Waals surface area contributed by atoms with Crippen LogP contribution in [-0.4, -0.2) is 39.5 Å². The van der Waals surface area contributed by atoms with E-state index in [2.05, 4.69) is 29.4 Å². The molecule has 23 heavy (non-hydrogen) atoms. The molecule has 2 fully saturated rings. The average Bonchev–Trinajstić information content (AvgIpc) is 3.17. The second-order valence-corrected chi connectivity index (χ2v) is 6.44. The van der Waals surface area contributed by atoms with Gasteiger partial charge >= 0.3 is 0 Å². The molecule has 0 bridgehead atoms. The molecule has 0 radical (unpaired) electrons. The first-order chi connectivity index (χ1) is 11.1. The van der Waals surface area contributed by atoms with Crippen molar-refractivity contribution in [1.29, 1.82) is 0 Å². The quantitative estimate of drug-likeness (QED) is 0.824. The van der Waals surface area contributed by atoms with Crippen LogP contribution < -0.4 is 5.32 Å². The Morgan fingerprint density at radius 2 is 2.09 bits per heavy atom. The second kappa shape index (κ2) is 6.68.